The molecule has 1 N–H and O–H groups in total. The fraction of sp³-hybridized carbons (Fsp3) is 0.364. The molecule has 28 heavy (non-hydrogen) atoms. The smallest absolute Gasteiger partial charge is 0.270 e. The first-order valence-electron chi connectivity index (χ1n) is 9.91. The lowest BCUT2D eigenvalue weighted by atomic mass is 10.2. The van der Waals surface area contributed by atoms with Crippen molar-refractivity contribution < 1.29 is 4.79 Å². The lowest BCUT2D eigenvalue weighted by Crippen LogP contribution is -2.34. The molecule has 3 heterocycles. The summed E-state index contributed by atoms with van der Waals surface area (Å²) in [6.45, 7) is 5.86. The van der Waals surface area contributed by atoms with Crippen LogP contribution in [0.4, 0.5) is 0 Å². The van der Waals surface area contributed by atoms with Crippen molar-refractivity contribution in [1.29, 1.82) is 0 Å². The largest absolute Gasteiger partial charge is 0.349 e. The highest BCUT2D eigenvalue weighted by Crippen LogP contribution is 2.22. The van der Waals surface area contributed by atoms with E-state index in [0.29, 0.717) is 12.2 Å². The maximum Gasteiger partial charge on any atom is 0.270 e. The van der Waals surface area contributed by atoms with Crippen LogP contribution in [-0.2, 0) is 7.05 Å². The number of rotatable bonds is 6. The molecule has 0 unspecified atom stereocenters. The monoisotopic (exact) mass is 377 g/mol. The third kappa shape index (κ3) is 3.87. The van der Waals surface area contributed by atoms with Gasteiger partial charge in [0.1, 0.15) is 11.4 Å². The zero-order valence-corrected chi connectivity index (χ0v) is 16.6. The van der Waals surface area contributed by atoms with E-state index in [4.69, 9.17) is 5.10 Å². The first-order chi connectivity index (χ1) is 13.6. The second-order valence-electron chi connectivity index (χ2n) is 7.47. The van der Waals surface area contributed by atoms with Crippen LogP contribution in [0.2, 0.25) is 0 Å². The molecule has 0 atom stereocenters. The summed E-state index contributed by atoms with van der Waals surface area (Å²) in [6, 6.07) is 13.9. The van der Waals surface area contributed by atoms with E-state index in [9.17, 15) is 4.79 Å². The van der Waals surface area contributed by atoms with Crippen LogP contribution >= 0.6 is 0 Å². The second kappa shape index (κ2) is 8.02. The fourth-order valence-corrected chi connectivity index (χ4v) is 3.78. The highest BCUT2D eigenvalue weighted by atomic mass is 16.2. The summed E-state index contributed by atoms with van der Waals surface area (Å²) in [5.74, 6) is -0.0892. The Morgan fingerprint density at radius 3 is 2.68 bits per heavy atom. The van der Waals surface area contributed by atoms with E-state index in [1.165, 1.54) is 12.8 Å². The van der Waals surface area contributed by atoms with Crippen molar-refractivity contribution in [3.8, 4) is 17.1 Å². The number of carbonyl (C=O) groups is 1. The van der Waals surface area contributed by atoms with Crippen molar-refractivity contribution in [2.75, 3.05) is 26.2 Å². The zero-order valence-electron chi connectivity index (χ0n) is 16.6. The molecule has 1 aliphatic heterocycles. The van der Waals surface area contributed by atoms with Gasteiger partial charge in [-0.2, -0.15) is 5.10 Å². The number of aromatic nitrogens is 3. The van der Waals surface area contributed by atoms with Gasteiger partial charge >= 0.3 is 0 Å². The number of carbonyl (C=O) groups excluding carboxylic acids is 1. The normalized spacial score (nSPS) is 14.5. The summed E-state index contributed by atoms with van der Waals surface area (Å²) in [5, 5.41) is 7.83. The third-order valence-corrected chi connectivity index (χ3v) is 5.31. The molecule has 6 nitrogen and oxygen atoms in total. The quantitative estimate of drug-likeness (QED) is 0.718. The Morgan fingerprint density at radius 2 is 1.96 bits per heavy atom. The molecule has 0 aliphatic carbocycles. The van der Waals surface area contributed by atoms with Crippen LogP contribution in [0.5, 0.6) is 0 Å². The summed E-state index contributed by atoms with van der Waals surface area (Å²) in [7, 11) is 1.98. The maximum absolute atomic E-state index is 13.0. The van der Waals surface area contributed by atoms with Gasteiger partial charge in [-0.3, -0.25) is 4.79 Å². The molecule has 1 amide bonds. The van der Waals surface area contributed by atoms with Gasteiger partial charge in [-0.1, -0.05) is 12.1 Å². The van der Waals surface area contributed by atoms with E-state index in [1.54, 1.807) is 4.68 Å². The van der Waals surface area contributed by atoms with E-state index in [2.05, 4.69) is 10.2 Å². The van der Waals surface area contributed by atoms with Gasteiger partial charge in [0.25, 0.3) is 5.91 Å². The molecule has 6 heteroatoms. The van der Waals surface area contributed by atoms with E-state index in [-0.39, 0.29) is 5.91 Å². The first kappa shape index (κ1) is 18.5. The van der Waals surface area contributed by atoms with Crippen molar-refractivity contribution in [2.24, 2.45) is 7.05 Å². The van der Waals surface area contributed by atoms with Gasteiger partial charge in [0.2, 0.25) is 0 Å². The molecule has 4 rings (SSSR count). The number of aryl methyl sites for hydroxylation is 2. The topological polar surface area (TPSA) is 55.1 Å². The Labute approximate surface area is 165 Å². The Hall–Kier alpha value is -2.86. The van der Waals surface area contributed by atoms with Gasteiger partial charge in [-0.15, -0.1) is 0 Å². The Morgan fingerprint density at radius 1 is 1.14 bits per heavy atom. The molecule has 0 spiro atoms. The Kier molecular flexibility index (Phi) is 5.30. The highest BCUT2D eigenvalue weighted by molar-refractivity contribution is 5.94. The van der Waals surface area contributed by atoms with Crippen LogP contribution in [0.3, 0.4) is 0 Å². The molecule has 1 aromatic carbocycles. The highest BCUT2D eigenvalue weighted by Gasteiger charge is 2.19. The minimum Gasteiger partial charge on any atom is -0.349 e. The summed E-state index contributed by atoms with van der Waals surface area (Å²) in [6.07, 6.45) is 4.50. The van der Waals surface area contributed by atoms with Gasteiger partial charge < -0.3 is 14.8 Å². The van der Waals surface area contributed by atoms with Gasteiger partial charge in [0, 0.05) is 26.3 Å². The molecule has 1 saturated heterocycles. The minimum absolute atomic E-state index is 0.0892. The van der Waals surface area contributed by atoms with Crippen molar-refractivity contribution in [3.63, 3.8) is 0 Å². The number of hydrogen-bond acceptors (Lipinski definition) is 3. The van der Waals surface area contributed by atoms with Crippen LogP contribution in [-0.4, -0.2) is 51.3 Å². The minimum atomic E-state index is -0.0892. The average Bonchev–Trinajstić information content (AvgIpc) is 3.41. The molecule has 1 aliphatic rings. The number of nitrogens with one attached hydrogen (secondary N) is 1. The van der Waals surface area contributed by atoms with E-state index >= 15 is 0 Å². The molecule has 0 radical (unpaired) electrons. The van der Waals surface area contributed by atoms with Crippen LogP contribution < -0.4 is 5.32 Å². The second-order valence-corrected chi connectivity index (χ2v) is 7.47. The maximum atomic E-state index is 13.0. The van der Waals surface area contributed by atoms with Gasteiger partial charge in [-0.25, -0.2) is 4.68 Å². The van der Waals surface area contributed by atoms with Crippen LogP contribution in [0.1, 0.15) is 28.9 Å². The molecule has 0 saturated carbocycles. The average molecular weight is 377 g/mol. The van der Waals surface area contributed by atoms with E-state index < -0.39 is 0 Å². The molecular formula is C22H27N5O. The summed E-state index contributed by atoms with van der Waals surface area (Å²) < 4.78 is 3.76. The van der Waals surface area contributed by atoms with Crippen LogP contribution in [0.25, 0.3) is 17.1 Å². The SMILES string of the molecule is Cc1cccc(-n2nc(-c3cccn3C)cc2C(=O)NCCN2CCCC2)c1. The lowest BCUT2D eigenvalue weighted by molar-refractivity contribution is 0.0942. The van der Waals surface area contributed by atoms with Crippen LogP contribution in [0, 0.1) is 6.92 Å². The molecule has 0 bridgehead atoms. The van der Waals surface area contributed by atoms with E-state index in [1.807, 2.05) is 67.2 Å². The van der Waals surface area contributed by atoms with E-state index in [0.717, 1.165) is 42.3 Å². The first-order valence-corrected chi connectivity index (χ1v) is 9.91. The number of hydrogen-bond donors (Lipinski definition) is 1. The third-order valence-electron chi connectivity index (χ3n) is 5.31. The molecule has 1 fully saturated rings. The van der Waals surface area contributed by atoms with Crippen molar-refractivity contribution in [2.45, 2.75) is 19.8 Å². The van der Waals surface area contributed by atoms with Gasteiger partial charge in [-0.05, 0) is 68.8 Å². The van der Waals surface area contributed by atoms with Crippen LogP contribution in [0.15, 0.2) is 48.7 Å². The van der Waals surface area contributed by atoms with Crippen molar-refractivity contribution >= 4 is 5.91 Å². The van der Waals surface area contributed by atoms with Gasteiger partial charge in [0.05, 0.1) is 11.4 Å². The summed E-state index contributed by atoms with van der Waals surface area (Å²) >= 11 is 0. The zero-order chi connectivity index (χ0) is 19.5. The summed E-state index contributed by atoms with van der Waals surface area (Å²) in [5.41, 5.74) is 4.36. The fourth-order valence-electron chi connectivity index (χ4n) is 3.78. The lowest BCUT2D eigenvalue weighted by Gasteiger charge is -2.15. The van der Waals surface area contributed by atoms with Crippen molar-refractivity contribution in [3.05, 3.63) is 59.9 Å². The molecule has 2 aromatic heterocycles. The Balaban J connectivity index is 1.61. The Bertz CT molecular complexity index is 965. The van der Waals surface area contributed by atoms with Gasteiger partial charge in [0.15, 0.2) is 0 Å². The standard InChI is InChI=1S/C22H27N5O/c1-17-7-5-8-18(15-17)27-21(16-19(24-27)20-9-6-11-25(20)2)22(28)23-10-14-26-12-3-4-13-26/h5-9,11,15-16H,3-4,10,12-14H2,1-2H3,(H,23,28). The molecule has 146 valence electrons. The number of benzene rings is 1. The molecule has 3 aromatic rings. The summed E-state index contributed by atoms with van der Waals surface area (Å²) in [4.78, 5) is 15.4. The van der Waals surface area contributed by atoms with Crippen molar-refractivity contribution in [1.82, 2.24) is 24.6 Å². The predicted molar refractivity (Wildman–Crippen MR) is 111 cm³/mol. The number of likely N-dealkylation sites (tertiary alicyclic amines) is 1. The molecular weight excluding hydrogens is 350 g/mol. The predicted octanol–water partition coefficient (Wildman–Crippen LogP) is 3.01. The number of amides is 1. The number of nitrogens with zero attached hydrogens (tertiary/aromatic N) is 4.